The van der Waals surface area contributed by atoms with E-state index in [4.69, 9.17) is 0 Å². The van der Waals surface area contributed by atoms with Crippen molar-refractivity contribution >= 4 is 22.8 Å². The van der Waals surface area contributed by atoms with Gasteiger partial charge in [-0.3, -0.25) is 4.79 Å². The largest absolute Gasteiger partial charge is 0.386 e. The Balaban J connectivity index is 1.34. The quantitative estimate of drug-likeness (QED) is 0.648. The highest BCUT2D eigenvalue weighted by molar-refractivity contribution is 5.77. The first-order chi connectivity index (χ1) is 14.4. The van der Waals surface area contributed by atoms with Gasteiger partial charge in [-0.1, -0.05) is 12.1 Å². The number of aromatic nitrogens is 4. The molecule has 0 aliphatic carbocycles. The summed E-state index contributed by atoms with van der Waals surface area (Å²) in [5, 5.41) is 11.2. The number of β-amino-alcohol motifs (C(OH)–C–C–N with tert-alkyl or cyclic N) is 1. The number of likely N-dealkylation sites (N-methyl/N-ethyl adjacent to an activating group) is 1. The van der Waals surface area contributed by atoms with E-state index >= 15 is 0 Å². The summed E-state index contributed by atoms with van der Waals surface area (Å²) in [6, 6.07) is 9.76. The van der Waals surface area contributed by atoms with Crippen LogP contribution in [0, 0.1) is 6.92 Å². The maximum atomic E-state index is 12.7. The standard InChI is InChI=1S/C22H28N6O2/c1-16-12-20(24-15-23-16)28-11-5-10-22(30,14-28)13-27(2)21(29)9-8-19-25-17-6-3-4-7-18(17)26-19/h3-4,6-7,12,15,30H,5,8-11,13-14H2,1-2H3,(H,25,26)/t22-/m1/s1. The molecule has 0 radical (unpaired) electrons. The number of carbonyl (C=O) groups is 1. The van der Waals surface area contributed by atoms with Crippen molar-refractivity contribution in [3.63, 3.8) is 0 Å². The highest BCUT2D eigenvalue weighted by atomic mass is 16.3. The molecule has 8 nitrogen and oxygen atoms in total. The lowest BCUT2D eigenvalue weighted by Crippen LogP contribution is -2.55. The van der Waals surface area contributed by atoms with Gasteiger partial charge in [0.2, 0.25) is 5.91 Å². The number of nitrogens with one attached hydrogen (secondary N) is 1. The topological polar surface area (TPSA) is 98.2 Å². The van der Waals surface area contributed by atoms with E-state index in [1.54, 1.807) is 18.3 Å². The molecule has 3 heterocycles. The van der Waals surface area contributed by atoms with Gasteiger partial charge >= 0.3 is 0 Å². The van der Waals surface area contributed by atoms with Crippen molar-refractivity contribution in [1.29, 1.82) is 0 Å². The molecule has 1 amide bonds. The zero-order chi connectivity index (χ0) is 21.1. The zero-order valence-corrected chi connectivity index (χ0v) is 17.5. The molecule has 1 aliphatic rings. The summed E-state index contributed by atoms with van der Waals surface area (Å²) >= 11 is 0. The number of nitrogens with zero attached hydrogens (tertiary/aromatic N) is 5. The lowest BCUT2D eigenvalue weighted by Gasteiger charge is -2.41. The second-order valence-corrected chi connectivity index (χ2v) is 8.22. The molecule has 1 aromatic carbocycles. The van der Waals surface area contributed by atoms with Gasteiger partial charge in [-0.2, -0.15) is 0 Å². The van der Waals surface area contributed by atoms with Crippen LogP contribution in [-0.4, -0.2) is 68.1 Å². The van der Waals surface area contributed by atoms with Crippen LogP contribution in [0.4, 0.5) is 5.82 Å². The molecule has 158 valence electrons. The van der Waals surface area contributed by atoms with Crippen molar-refractivity contribution in [2.45, 2.75) is 38.2 Å². The Bertz CT molecular complexity index is 1000. The number of benzene rings is 1. The lowest BCUT2D eigenvalue weighted by atomic mass is 9.92. The maximum Gasteiger partial charge on any atom is 0.222 e. The lowest BCUT2D eigenvalue weighted by molar-refractivity contribution is -0.133. The Morgan fingerprint density at radius 1 is 1.33 bits per heavy atom. The van der Waals surface area contributed by atoms with E-state index in [1.165, 1.54) is 0 Å². The van der Waals surface area contributed by atoms with Crippen LogP contribution in [0.3, 0.4) is 0 Å². The van der Waals surface area contributed by atoms with Crippen molar-refractivity contribution in [2.24, 2.45) is 0 Å². The maximum absolute atomic E-state index is 12.7. The zero-order valence-electron chi connectivity index (χ0n) is 17.5. The number of imidazole rings is 1. The van der Waals surface area contributed by atoms with Gasteiger partial charge in [-0.15, -0.1) is 0 Å². The number of piperidine rings is 1. The van der Waals surface area contributed by atoms with Crippen molar-refractivity contribution in [3.05, 3.63) is 48.2 Å². The van der Waals surface area contributed by atoms with E-state index in [1.807, 2.05) is 37.3 Å². The summed E-state index contributed by atoms with van der Waals surface area (Å²) in [5.74, 6) is 1.62. The molecule has 0 bridgehead atoms. The highest BCUT2D eigenvalue weighted by Gasteiger charge is 2.35. The average Bonchev–Trinajstić information content (AvgIpc) is 3.14. The molecular weight excluding hydrogens is 380 g/mol. The summed E-state index contributed by atoms with van der Waals surface area (Å²) in [4.78, 5) is 32.7. The fourth-order valence-electron chi connectivity index (χ4n) is 4.12. The molecule has 2 N–H and O–H groups in total. The first-order valence-corrected chi connectivity index (χ1v) is 10.4. The SMILES string of the molecule is Cc1cc(N2CCC[C@@](O)(CN(C)C(=O)CCc3nc4ccccc4[nH]3)C2)ncn1. The molecule has 0 unspecified atom stereocenters. The Hall–Kier alpha value is -3.00. The van der Waals surface area contributed by atoms with Crippen molar-refractivity contribution in [2.75, 3.05) is 31.6 Å². The fourth-order valence-corrected chi connectivity index (χ4v) is 4.12. The van der Waals surface area contributed by atoms with Crippen LogP contribution in [0.2, 0.25) is 0 Å². The van der Waals surface area contributed by atoms with Crippen LogP contribution in [0.15, 0.2) is 36.7 Å². The summed E-state index contributed by atoms with van der Waals surface area (Å²) in [7, 11) is 1.76. The minimum Gasteiger partial charge on any atom is -0.386 e. The molecule has 1 atom stereocenters. The van der Waals surface area contributed by atoms with Gasteiger partial charge in [0.25, 0.3) is 0 Å². The second-order valence-electron chi connectivity index (χ2n) is 8.22. The number of anilines is 1. The van der Waals surface area contributed by atoms with Gasteiger partial charge in [0.05, 0.1) is 23.2 Å². The van der Waals surface area contributed by atoms with Gasteiger partial charge < -0.3 is 19.9 Å². The number of aliphatic hydroxyl groups is 1. The number of aryl methyl sites for hydroxylation is 2. The monoisotopic (exact) mass is 408 g/mol. The molecule has 0 saturated carbocycles. The van der Waals surface area contributed by atoms with Crippen LogP contribution in [-0.2, 0) is 11.2 Å². The van der Waals surface area contributed by atoms with E-state index in [2.05, 4.69) is 24.8 Å². The molecule has 4 rings (SSSR count). The molecule has 30 heavy (non-hydrogen) atoms. The first kappa shape index (κ1) is 20.3. The molecule has 2 aromatic heterocycles. The Morgan fingerprint density at radius 2 is 2.17 bits per heavy atom. The van der Waals surface area contributed by atoms with Crippen LogP contribution < -0.4 is 4.90 Å². The minimum atomic E-state index is -0.957. The first-order valence-electron chi connectivity index (χ1n) is 10.4. The minimum absolute atomic E-state index is 0.00103. The average molecular weight is 409 g/mol. The summed E-state index contributed by atoms with van der Waals surface area (Å²) < 4.78 is 0. The number of rotatable bonds is 6. The molecular formula is C22H28N6O2. The second kappa shape index (κ2) is 8.39. The van der Waals surface area contributed by atoms with E-state index in [0.29, 0.717) is 32.4 Å². The summed E-state index contributed by atoms with van der Waals surface area (Å²) in [5.41, 5.74) is 1.82. The van der Waals surface area contributed by atoms with Crippen LogP contribution in [0.5, 0.6) is 0 Å². The number of aromatic amines is 1. The van der Waals surface area contributed by atoms with Crippen LogP contribution >= 0.6 is 0 Å². The third-order valence-electron chi connectivity index (χ3n) is 5.64. The van der Waals surface area contributed by atoms with Crippen molar-refractivity contribution in [3.8, 4) is 0 Å². The van der Waals surface area contributed by atoms with Crippen molar-refractivity contribution < 1.29 is 9.90 Å². The number of hydrogen-bond acceptors (Lipinski definition) is 6. The third-order valence-corrected chi connectivity index (χ3v) is 5.64. The number of fused-ring (bicyclic) bond motifs is 1. The highest BCUT2D eigenvalue weighted by Crippen LogP contribution is 2.26. The molecule has 0 spiro atoms. The fraction of sp³-hybridized carbons (Fsp3) is 0.455. The number of amides is 1. The van der Waals surface area contributed by atoms with Crippen LogP contribution in [0.1, 0.15) is 30.8 Å². The summed E-state index contributed by atoms with van der Waals surface area (Å²) in [6.45, 7) is 3.51. The van der Waals surface area contributed by atoms with Gasteiger partial charge in [-0.25, -0.2) is 15.0 Å². The van der Waals surface area contributed by atoms with Gasteiger partial charge in [0.1, 0.15) is 18.0 Å². The van der Waals surface area contributed by atoms with Crippen molar-refractivity contribution in [1.82, 2.24) is 24.8 Å². The number of para-hydroxylation sites is 2. The molecule has 1 aliphatic heterocycles. The third kappa shape index (κ3) is 4.59. The number of hydrogen-bond donors (Lipinski definition) is 2. The molecule has 3 aromatic rings. The van der Waals surface area contributed by atoms with E-state index < -0.39 is 5.60 Å². The Morgan fingerprint density at radius 3 is 2.97 bits per heavy atom. The number of H-pyrrole nitrogens is 1. The van der Waals surface area contributed by atoms with E-state index in [-0.39, 0.29) is 5.91 Å². The van der Waals surface area contributed by atoms with Gasteiger partial charge in [-0.05, 0) is 31.9 Å². The Labute approximate surface area is 176 Å². The van der Waals surface area contributed by atoms with E-state index in [0.717, 1.165) is 41.3 Å². The van der Waals surface area contributed by atoms with E-state index in [9.17, 15) is 9.90 Å². The normalized spacial score (nSPS) is 19.2. The predicted molar refractivity (Wildman–Crippen MR) is 115 cm³/mol. The smallest absolute Gasteiger partial charge is 0.222 e. The number of carbonyl (C=O) groups excluding carboxylic acids is 1. The molecule has 8 heteroatoms. The van der Waals surface area contributed by atoms with Gasteiger partial charge in [0, 0.05) is 44.7 Å². The molecule has 1 fully saturated rings. The Kier molecular flexibility index (Phi) is 5.67. The summed E-state index contributed by atoms with van der Waals surface area (Å²) in [6.07, 6.45) is 3.95. The van der Waals surface area contributed by atoms with Crippen LogP contribution in [0.25, 0.3) is 11.0 Å². The predicted octanol–water partition coefficient (Wildman–Crippen LogP) is 2.08. The van der Waals surface area contributed by atoms with Gasteiger partial charge in [0.15, 0.2) is 0 Å². The molecule has 1 saturated heterocycles.